The van der Waals surface area contributed by atoms with Gasteiger partial charge in [0.05, 0.1) is 5.69 Å². The summed E-state index contributed by atoms with van der Waals surface area (Å²) >= 11 is 0. The molecule has 0 radical (unpaired) electrons. The quantitative estimate of drug-likeness (QED) is 0.885. The van der Waals surface area contributed by atoms with E-state index in [1.54, 1.807) is 13.0 Å². The number of aliphatic hydroxyl groups excluding tert-OH is 1. The molecule has 1 heterocycles. The van der Waals surface area contributed by atoms with Gasteiger partial charge in [0.1, 0.15) is 5.82 Å². The SMILES string of the molecule is Cc1ccc(F)c(NS(=O)(=O)N2CCCC(CO)C2)c1. The maximum atomic E-state index is 13.6. The molecular weight excluding hydrogens is 283 g/mol. The van der Waals surface area contributed by atoms with Crippen molar-refractivity contribution in [1.29, 1.82) is 0 Å². The molecule has 1 aliphatic heterocycles. The molecule has 5 nitrogen and oxygen atoms in total. The fourth-order valence-corrected chi connectivity index (χ4v) is 3.65. The molecule has 2 N–H and O–H groups in total. The molecule has 7 heteroatoms. The van der Waals surface area contributed by atoms with Crippen molar-refractivity contribution < 1.29 is 17.9 Å². The zero-order chi connectivity index (χ0) is 14.8. The van der Waals surface area contributed by atoms with E-state index in [4.69, 9.17) is 5.11 Å². The van der Waals surface area contributed by atoms with Gasteiger partial charge in [0, 0.05) is 19.7 Å². The van der Waals surface area contributed by atoms with Gasteiger partial charge in [-0.05, 0) is 43.4 Å². The number of hydrogen-bond acceptors (Lipinski definition) is 3. The van der Waals surface area contributed by atoms with Gasteiger partial charge in [-0.25, -0.2) is 4.39 Å². The molecule has 1 unspecified atom stereocenters. The van der Waals surface area contributed by atoms with Crippen molar-refractivity contribution >= 4 is 15.9 Å². The van der Waals surface area contributed by atoms with E-state index < -0.39 is 16.0 Å². The fourth-order valence-electron chi connectivity index (χ4n) is 2.32. The van der Waals surface area contributed by atoms with Crippen LogP contribution in [-0.2, 0) is 10.2 Å². The number of anilines is 1. The van der Waals surface area contributed by atoms with Crippen LogP contribution >= 0.6 is 0 Å². The Balaban J connectivity index is 2.16. The van der Waals surface area contributed by atoms with E-state index in [2.05, 4.69) is 4.72 Å². The third kappa shape index (κ3) is 3.47. The number of piperidine rings is 1. The number of hydrogen-bond donors (Lipinski definition) is 2. The van der Waals surface area contributed by atoms with E-state index in [9.17, 15) is 12.8 Å². The summed E-state index contributed by atoms with van der Waals surface area (Å²) in [5, 5.41) is 9.14. The molecule has 1 fully saturated rings. The Labute approximate surface area is 118 Å². The summed E-state index contributed by atoms with van der Waals surface area (Å²) in [4.78, 5) is 0. The summed E-state index contributed by atoms with van der Waals surface area (Å²) in [5.41, 5.74) is 0.729. The minimum Gasteiger partial charge on any atom is -0.396 e. The van der Waals surface area contributed by atoms with Gasteiger partial charge >= 0.3 is 10.2 Å². The first-order valence-electron chi connectivity index (χ1n) is 6.57. The monoisotopic (exact) mass is 302 g/mol. The normalized spacial score (nSPS) is 20.9. The smallest absolute Gasteiger partial charge is 0.301 e. The zero-order valence-electron chi connectivity index (χ0n) is 11.3. The van der Waals surface area contributed by atoms with Crippen molar-refractivity contribution in [3.63, 3.8) is 0 Å². The lowest BCUT2D eigenvalue weighted by Crippen LogP contribution is -2.43. The van der Waals surface area contributed by atoms with E-state index >= 15 is 0 Å². The predicted molar refractivity (Wildman–Crippen MR) is 75.1 cm³/mol. The molecule has 0 aromatic heterocycles. The van der Waals surface area contributed by atoms with Crippen molar-refractivity contribution in [2.75, 3.05) is 24.4 Å². The van der Waals surface area contributed by atoms with Gasteiger partial charge in [-0.1, -0.05) is 6.07 Å². The Hall–Kier alpha value is -1.18. The second-order valence-electron chi connectivity index (χ2n) is 5.14. The van der Waals surface area contributed by atoms with Crippen LogP contribution in [0.25, 0.3) is 0 Å². The number of nitrogens with one attached hydrogen (secondary N) is 1. The first kappa shape index (κ1) is 15.2. The predicted octanol–water partition coefficient (Wildman–Crippen LogP) is 1.50. The van der Waals surface area contributed by atoms with Crippen LogP contribution in [0.5, 0.6) is 0 Å². The summed E-state index contributed by atoms with van der Waals surface area (Å²) in [6.45, 7) is 2.38. The van der Waals surface area contributed by atoms with E-state index in [0.29, 0.717) is 13.0 Å². The summed E-state index contributed by atoms with van der Waals surface area (Å²) in [7, 11) is -3.79. The maximum Gasteiger partial charge on any atom is 0.301 e. The number of aliphatic hydroxyl groups is 1. The highest BCUT2D eigenvalue weighted by Gasteiger charge is 2.29. The van der Waals surface area contributed by atoms with Crippen LogP contribution in [0.2, 0.25) is 0 Å². The molecule has 0 aliphatic carbocycles. The molecular formula is C13H19FN2O3S. The van der Waals surface area contributed by atoms with Crippen LogP contribution in [0.4, 0.5) is 10.1 Å². The molecule has 1 aromatic carbocycles. The summed E-state index contributed by atoms with van der Waals surface area (Å²) in [6.07, 6.45) is 1.50. The highest BCUT2D eigenvalue weighted by Crippen LogP contribution is 2.22. The van der Waals surface area contributed by atoms with Gasteiger partial charge < -0.3 is 5.11 Å². The Kier molecular flexibility index (Phi) is 4.62. The first-order chi connectivity index (χ1) is 9.42. The van der Waals surface area contributed by atoms with Crippen LogP contribution < -0.4 is 4.72 Å². The molecule has 2 rings (SSSR count). The van der Waals surface area contributed by atoms with Gasteiger partial charge in [-0.2, -0.15) is 12.7 Å². The van der Waals surface area contributed by atoms with Crippen LogP contribution in [0.15, 0.2) is 18.2 Å². The number of benzene rings is 1. The lowest BCUT2D eigenvalue weighted by molar-refractivity contribution is 0.166. The Morgan fingerprint density at radius 1 is 1.50 bits per heavy atom. The largest absolute Gasteiger partial charge is 0.396 e. The van der Waals surface area contributed by atoms with Gasteiger partial charge in [0.15, 0.2) is 0 Å². The molecule has 0 saturated carbocycles. The third-order valence-corrected chi connectivity index (χ3v) is 4.93. The average Bonchev–Trinajstić information content (AvgIpc) is 2.43. The molecule has 1 aromatic rings. The van der Waals surface area contributed by atoms with Crippen molar-refractivity contribution in [3.8, 4) is 0 Å². The van der Waals surface area contributed by atoms with E-state index in [1.807, 2.05) is 0 Å². The minimum absolute atomic E-state index is 0.0369. The second-order valence-corrected chi connectivity index (χ2v) is 6.81. The zero-order valence-corrected chi connectivity index (χ0v) is 12.2. The van der Waals surface area contributed by atoms with E-state index in [0.717, 1.165) is 12.0 Å². The molecule has 112 valence electrons. The van der Waals surface area contributed by atoms with Crippen LogP contribution in [0, 0.1) is 18.7 Å². The van der Waals surface area contributed by atoms with Crippen LogP contribution in [0.3, 0.4) is 0 Å². The second kappa shape index (κ2) is 6.07. The number of rotatable bonds is 4. The van der Waals surface area contributed by atoms with Crippen molar-refractivity contribution in [1.82, 2.24) is 4.31 Å². The van der Waals surface area contributed by atoms with Gasteiger partial charge in [-0.15, -0.1) is 0 Å². The summed E-state index contributed by atoms with van der Waals surface area (Å²) < 4.78 is 41.7. The van der Waals surface area contributed by atoms with Gasteiger partial charge in [0.2, 0.25) is 0 Å². The van der Waals surface area contributed by atoms with Crippen LogP contribution in [-0.4, -0.2) is 37.5 Å². The fraction of sp³-hybridized carbons (Fsp3) is 0.538. The topological polar surface area (TPSA) is 69.6 Å². The van der Waals surface area contributed by atoms with E-state index in [-0.39, 0.29) is 24.8 Å². The number of nitrogens with zero attached hydrogens (tertiary/aromatic N) is 1. The van der Waals surface area contributed by atoms with Crippen LogP contribution in [0.1, 0.15) is 18.4 Å². The molecule has 1 atom stereocenters. The Morgan fingerprint density at radius 2 is 2.25 bits per heavy atom. The molecule has 1 aliphatic rings. The Bertz CT molecular complexity index is 577. The van der Waals surface area contributed by atoms with Crippen molar-refractivity contribution in [3.05, 3.63) is 29.6 Å². The molecule has 1 saturated heterocycles. The highest BCUT2D eigenvalue weighted by molar-refractivity contribution is 7.90. The number of aryl methyl sites for hydroxylation is 1. The maximum absolute atomic E-state index is 13.6. The molecule has 20 heavy (non-hydrogen) atoms. The highest BCUT2D eigenvalue weighted by atomic mass is 32.2. The summed E-state index contributed by atoms with van der Waals surface area (Å²) in [5.74, 6) is -0.655. The number of halogens is 1. The molecule has 0 bridgehead atoms. The lowest BCUT2D eigenvalue weighted by Gasteiger charge is -2.31. The standard InChI is InChI=1S/C13H19FN2O3S/c1-10-4-5-12(14)13(7-10)15-20(18,19)16-6-2-3-11(8-16)9-17/h4-5,7,11,15,17H,2-3,6,8-9H2,1H3. The lowest BCUT2D eigenvalue weighted by atomic mass is 10.0. The summed E-state index contributed by atoms with van der Waals surface area (Å²) in [6, 6.07) is 4.27. The molecule has 0 amide bonds. The van der Waals surface area contributed by atoms with Crippen molar-refractivity contribution in [2.45, 2.75) is 19.8 Å². The van der Waals surface area contributed by atoms with Gasteiger partial charge in [-0.3, -0.25) is 4.72 Å². The third-order valence-electron chi connectivity index (χ3n) is 3.44. The van der Waals surface area contributed by atoms with Gasteiger partial charge in [0.25, 0.3) is 0 Å². The Morgan fingerprint density at radius 3 is 2.95 bits per heavy atom. The van der Waals surface area contributed by atoms with E-state index in [1.165, 1.54) is 16.4 Å². The minimum atomic E-state index is -3.79. The van der Waals surface area contributed by atoms with Crippen molar-refractivity contribution in [2.24, 2.45) is 5.92 Å². The first-order valence-corrected chi connectivity index (χ1v) is 8.01. The molecule has 0 spiro atoms. The average molecular weight is 302 g/mol.